The summed E-state index contributed by atoms with van der Waals surface area (Å²) in [6, 6.07) is 6.45. The summed E-state index contributed by atoms with van der Waals surface area (Å²) in [4.78, 5) is 10.8. The van der Waals surface area contributed by atoms with Crippen molar-refractivity contribution < 1.29 is 9.32 Å². The van der Waals surface area contributed by atoms with Gasteiger partial charge in [-0.15, -0.1) is 0 Å². The van der Waals surface area contributed by atoms with E-state index in [1.54, 1.807) is 18.2 Å². The van der Waals surface area contributed by atoms with Gasteiger partial charge in [-0.25, -0.2) is 4.79 Å². The number of benzene rings is 1. The molecule has 6 nitrogen and oxygen atoms in total. The number of amides is 2. The Balaban J connectivity index is 2.48. The van der Waals surface area contributed by atoms with E-state index in [2.05, 4.69) is 10.5 Å². The van der Waals surface area contributed by atoms with Crippen molar-refractivity contribution in [1.82, 2.24) is 5.16 Å². The number of nitrogens with zero attached hydrogens (tertiary/aromatic N) is 1. The van der Waals surface area contributed by atoms with Crippen molar-refractivity contribution >= 4 is 17.6 Å². The highest BCUT2D eigenvalue weighted by Gasteiger charge is 2.11. The van der Waals surface area contributed by atoms with Crippen LogP contribution in [0.15, 0.2) is 35.0 Å². The molecular formula is C10H10N4O2. The number of para-hydroxylation sites is 1. The normalized spacial score (nSPS) is 10.0. The third-order valence-corrected chi connectivity index (χ3v) is 2.07. The second-order valence-corrected chi connectivity index (χ2v) is 3.14. The number of aromatic nitrogens is 1. The first kappa shape index (κ1) is 10.0. The van der Waals surface area contributed by atoms with Gasteiger partial charge in [0.1, 0.15) is 0 Å². The largest absolute Gasteiger partial charge is 0.367 e. The maximum absolute atomic E-state index is 10.8. The highest BCUT2D eigenvalue weighted by atomic mass is 16.5. The first-order valence-corrected chi connectivity index (χ1v) is 4.54. The van der Waals surface area contributed by atoms with Crippen LogP contribution >= 0.6 is 0 Å². The number of primary amides is 1. The van der Waals surface area contributed by atoms with E-state index in [0.29, 0.717) is 16.8 Å². The zero-order valence-corrected chi connectivity index (χ0v) is 8.31. The van der Waals surface area contributed by atoms with E-state index in [1.165, 1.54) is 6.20 Å². The van der Waals surface area contributed by atoms with E-state index in [4.69, 9.17) is 16.0 Å². The number of nitrogens with one attached hydrogen (secondary N) is 1. The van der Waals surface area contributed by atoms with Crippen LogP contribution in [0.3, 0.4) is 0 Å². The van der Waals surface area contributed by atoms with Gasteiger partial charge in [-0.2, -0.15) is 0 Å². The van der Waals surface area contributed by atoms with Gasteiger partial charge in [-0.3, -0.25) is 0 Å². The molecule has 2 amide bonds. The molecule has 0 atom stereocenters. The topological polar surface area (TPSA) is 107 Å². The van der Waals surface area contributed by atoms with Crippen molar-refractivity contribution in [3.63, 3.8) is 0 Å². The molecule has 0 aliphatic rings. The Hall–Kier alpha value is -2.50. The highest BCUT2D eigenvalue weighted by molar-refractivity contribution is 5.94. The van der Waals surface area contributed by atoms with Crippen LogP contribution in [0.5, 0.6) is 0 Å². The molecule has 82 valence electrons. The molecule has 0 radical (unpaired) electrons. The van der Waals surface area contributed by atoms with Gasteiger partial charge < -0.3 is 21.3 Å². The van der Waals surface area contributed by atoms with Crippen molar-refractivity contribution in [3.8, 4) is 11.1 Å². The predicted molar refractivity (Wildman–Crippen MR) is 59.6 cm³/mol. The number of hydrogen-bond donors (Lipinski definition) is 3. The summed E-state index contributed by atoms with van der Waals surface area (Å²) < 4.78 is 4.76. The Labute approximate surface area is 91.2 Å². The van der Waals surface area contributed by atoms with Crippen LogP contribution in [0.1, 0.15) is 0 Å². The molecule has 16 heavy (non-hydrogen) atoms. The minimum absolute atomic E-state index is 0.193. The van der Waals surface area contributed by atoms with Crippen LogP contribution in [0.4, 0.5) is 16.4 Å². The molecule has 2 aromatic rings. The fourth-order valence-corrected chi connectivity index (χ4v) is 1.41. The lowest BCUT2D eigenvalue weighted by Crippen LogP contribution is -2.19. The Morgan fingerprint density at radius 3 is 2.69 bits per heavy atom. The number of rotatable bonds is 2. The average Bonchev–Trinajstić information content (AvgIpc) is 2.64. The Kier molecular flexibility index (Phi) is 2.47. The van der Waals surface area contributed by atoms with Gasteiger partial charge in [0.2, 0.25) is 5.88 Å². The maximum Gasteiger partial charge on any atom is 0.316 e. The number of carbonyl (C=O) groups is 1. The Morgan fingerprint density at radius 2 is 2.06 bits per heavy atom. The fraction of sp³-hybridized carbons (Fsp3) is 0. The van der Waals surface area contributed by atoms with E-state index in [1.807, 2.05) is 6.07 Å². The molecule has 5 N–H and O–H groups in total. The van der Waals surface area contributed by atoms with Crippen LogP contribution in [0.2, 0.25) is 0 Å². The molecule has 0 unspecified atom stereocenters. The van der Waals surface area contributed by atoms with Crippen LogP contribution in [0.25, 0.3) is 11.1 Å². The van der Waals surface area contributed by atoms with Gasteiger partial charge in [-0.05, 0) is 6.07 Å². The number of hydrogen-bond acceptors (Lipinski definition) is 4. The van der Waals surface area contributed by atoms with E-state index < -0.39 is 6.03 Å². The number of carbonyl (C=O) groups excluding carboxylic acids is 1. The third-order valence-electron chi connectivity index (χ3n) is 2.07. The molecule has 0 bridgehead atoms. The predicted octanol–water partition coefficient (Wildman–Crippen LogP) is 1.41. The molecule has 0 saturated carbocycles. The molecule has 0 aliphatic carbocycles. The van der Waals surface area contributed by atoms with E-state index in [-0.39, 0.29) is 5.88 Å². The fourth-order valence-electron chi connectivity index (χ4n) is 1.41. The van der Waals surface area contributed by atoms with Crippen LogP contribution in [-0.4, -0.2) is 11.2 Å². The minimum atomic E-state index is -0.637. The molecule has 2 rings (SSSR count). The maximum atomic E-state index is 10.8. The van der Waals surface area contributed by atoms with Gasteiger partial charge in [-0.1, -0.05) is 23.4 Å². The second-order valence-electron chi connectivity index (χ2n) is 3.14. The molecule has 6 heteroatoms. The number of nitrogen functional groups attached to an aromatic ring is 1. The molecule has 1 aromatic carbocycles. The summed E-state index contributed by atoms with van der Waals surface area (Å²) in [5, 5.41) is 6.08. The summed E-state index contributed by atoms with van der Waals surface area (Å²) in [7, 11) is 0. The van der Waals surface area contributed by atoms with Crippen molar-refractivity contribution in [2.75, 3.05) is 11.1 Å². The molecule has 0 fully saturated rings. The van der Waals surface area contributed by atoms with E-state index in [0.717, 1.165) is 0 Å². The van der Waals surface area contributed by atoms with Crippen LogP contribution < -0.4 is 16.8 Å². The molecular weight excluding hydrogens is 208 g/mol. The zero-order valence-electron chi connectivity index (χ0n) is 8.31. The first-order valence-electron chi connectivity index (χ1n) is 4.54. The molecule has 1 aromatic heterocycles. The summed E-state index contributed by atoms with van der Waals surface area (Å²) in [5.74, 6) is 0.193. The lowest BCUT2D eigenvalue weighted by molar-refractivity contribution is 0.259. The quantitative estimate of drug-likeness (QED) is 0.708. The molecule has 1 heterocycles. The standard InChI is InChI=1S/C10H10N4O2/c11-9-7(5-13-16-9)6-3-1-2-4-8(6)14-10(12)15/h1-5H,11H2,(H3,12,14,15). The first-order chi connectivity index (χ1) is 7.68. The van der Waals surface area contributed by atoms with Crippen molar-refractivity contribution in [2.45, 2.75) is 0 Å². The zero-order chi connectivity index (χ0) is 11.5. The molecule has 0 spiro atoms. The smallest absolute Gasteiger partial charge is 0.316 e. The summed E-state index contributed by atoms with van der Waals surface area (Å²) in [5.41, 5.74) is 12.5. The van der Waals surface area contributed by atoms with Crippen molar-refractivity contribution in [1.29, 1.82) is 0 Å². The van der Waals surface area contributed by atoms with E-state index >= 15 is 0 Å². The van der Waals surface area contributed by atoms with E-state index in [9.17, 15) is 4.79 Å². The van der Waals surface area contributed by atoms with Crippen LogP contribution in [-0.2, 0) is 0 Å². The lowest BCUT2D eigenvalue weighted by atomic mass is 10.1. The van der Waals surface area contributed by atoms with Crippen molar-refractivity contribution in [3.05, 3.63) is 30.5 Å². The van der Waals surface area contributed by atoms with Gasteiger partial charge in [0.05, 0.1) is 17.4 Å². The van der Waals surface area contributed by atoms with Crippen LogP contribution in [0, 0.1) is 0 Å². The monoisotopic (exact) mass is 218 g/mol. The minimum Gasteiger partial charge on any atom is -0.367 e. The third kappa shape index (κ3) is 1.81. The molecule has 0 saturated heterocycles. The van der Waals surface area contributed by atoms with Gasteiger partial charge in [0, 0.05) is 5.56 Å². The average molecular weight is 218 g/mol. The number of anilines is 2. The summed E-state index contributed by atoms with van der Waals surface area (Å²) in [6.07, 6.45) is 1.48. The number of urea groups is 1. The number of nitrogens with two attached hydrogens (primary N) is 2. The summed E-state index contributed by atoms with van der Waals surface area (Å²) in [6.45, 7) is 0. The second kappa shape index (κ2) is 3.93. The molecule has 0 aliphatic heterocycles. The van der Waals surface area contributed by atoms with Gasteiger partial charge in [0.15, 0.2) is 0 Å². The Bertz CT molecular complexity index is 521. The SMILES string of the molecule is NC(=O)Nc1ccccc1-c1cnoc1N. The summed E-state index contributed by atoms with van der Waals surface area (Å²) >= 11 is 0. The Morgan fingerprint density at radius 1 is 1.31 bits per heavy atom. The lowest BCUT2D eigenvalue weighted by Gasteiger charge is -2.07. The van der Waals surface area contributed by atoms with Gasteiger partial charge in [0.25, 0.3) is 0 Å². The van der Waals surface area contributed by atoms with Crippen molar-refractivity contribution in [2.24, 2.45) is 5.73 Å². The highest BCUT2D eigenvalue weighted by Crippen LogP contribution is 2.31. The van der Waals surface area contributed by atoms with Gasteiger partial charge >= 0.3 is 6.03 Å².